The number of rotatable bonds is 9. The Hall–Kier alpha value is -2.93. The molecule has 3 amide bonds. The van der Waals surface area contributed by atoms with E-state index in [9.17, 15) is 14.4 Å². The molecule has 0 saturated carbocycles. The lowest BCUT2D eigenvalue weighted by Crippen LogP contribution is -2.48. The smallest absolute Gasteiger partial charge is 0.253 e. The first-order chi connectivity index (χ1) is 14.0. The van der Waals surface area contributed by atoms with Crippen LogP contribution in [-0.2, 0) is 25.7 Å². The zero-order valence-electron chi connectivity index (χ0n) is 16.7. The third-order valence-corrected chi connectivity index (χ3v) is 4.85. The predicted molar refractivity (Wildman–Crippen MR) is 110 cm³/mol. The highest BCUT2D eigenvalue weighted by Crippen LogP contribution is 2.22. The van der Waals surface area contributed by atoms with Gasteiger partial charge < -0.3 is 20.7 Å². The average molecular weight is 397 g/mol. The van der Waals surface area contributed by atoms with Gasteiger partial charge in [0.15, 0.2) is 12.2 Å². The molecule has 0 aliphatic carbocycles. The minimum atomic E-state index is -0.825. The normalized spacial score (nSPS) is 18.7. The van der Waals surface area contributed by atoms with E-state index in [1.165, 1.54) is 0 Å². The van der Waals surface area contributed by atoms with Gasteiger partial charge >= 0.3 is 0 Å². The van der Waals surface area contributed by atoms with Crippen molar-refractivity contribution < 1.29 is 19.1 Å². The van der Waals surface area contributed by atoms with Crippen LogP contribution >= 0.6 is 0 Å². The Labute approximate surface area is 170 Å². The first-order valence-corrected chi connectivity index (χ1v) is 10.0. The number of benzene rings is 2. The molecule has 0 aromatic heterocycles. The van der Waals surface area contributed by atoms with Crippen molar-refractivity contribution >= 4 is 28.5 Å². The van der Waals surface area contributed by atoms with Crippen LogP contribution in [0, 0.1) is 0 Å². The fraction of sp³-hybridized carbons (Fsp3) is 0.409. The minimum Gasteiger partial charge on any atom is -0.354 e. The van der Waals surface area contributed by atoms with E-state index in [-0.39, 0.29) is 11.8 Å². The van der Waals surface area contributed by atoms with Crippen LogP contribution in [0.15, 0.2) is 42.5 Å². The van der Waals surface area contributed by atoms with Crippen molar-refractivity contribution in [2.24, 2.45) is 0 Å². The van der Waals surface area contributed by atoms with Gasteiger partial charge in [-0.05, 0) is 35.7 Å². The molecule has 0 bridgehead atoms. The number of epoxide rings is 1. The Bertz CT molecular complexity index is 899. The van der Waals surface area contributed by atoms with E-state index in [2.05, 4.69) is 16.0 Å². The molecule has 1 aliphatic heterocycles. The van der Waals surface area contributed by atoms with Crippen LogP contribution in [0.1, 0.15) is 32.3 Å². The third-order valence-electron chi connectivity index (χ3n) is 4.85. The Morgan fingerprint density at radius 2 is 1.69 bits per heavy atom. The van der Waals surface area contributed by atoms with Crippen LogP contribution in [0.4, 0.5) is 0 Å². The summed E-state index contributed by atoms with van der Waals surface area (Å²) in [6.45, 7) is 4.59. The second-order valence-electron chi connectivity index (χ2n) is 7.12. The van der Waals surface area contributed by atoms with E-state index in [0.717, 1.165) is 22.8 Å². The molecule has 29 heavy (non-hydrogen) atoms. The first kappa shape index (κ1) is 20.8. The molecular weight excluding hydrogens is 370 g/mol. The number of fused-ring (bicyclic) bond motifs is 1. The molecule has 3 rings (SSSR count). The molecule has 2 aromatic rings. The standard InChI is InChI=1S/C22H27N3O4/c1-3-7-17(25-22(28)19-18(29-19)21(27)23-4-2)20(26)24-13-14-10-11-15-8-5-6-9-16(15)12-14/h5-6,8-12,17-19H,3-4,7,13H2,1-2H3,(H,23,27)(H,24,26)(H,25,28)/t17-,18+,19?/m0/s1. The lowest BCUT2D eigenvalue weighted by Gasteiger charge is -2.17. The highest BCUT2D eigenvalue weighted by atomic mass is 16.6. The van der Waals surface area contributed by atoms with Crippen LogP contribution in [0.25, 0.3) is 10.8 Å². The summed E-state index contributed by atoms with van der Waals surface area (Å²) in [4.78, 5) is 36.7. The first-order valence-electron chi connectivity index (χ1n) is 10.0. The molecule has 2 aromatic carbocycles. The molecule has 1 aliphatic rings. The van der Waals surface area contributed by atoms with E-state index in [4.69, 9.17) is 4.74 Å². The monoisotopic (exact) mass is 397 g/mol. The fourth-order valence-electron chi connectivity index (χ4n) is 3.26. The maximum atomic E-state index is 12.6. The van der Waals surface area contributed by atoms with Crippen LogP contribution in [-0.4, -0.2) is 42.5 Å². The van der Waals surface area contributed by atoms with Gasteiger partial charge in [-0.3, -0.25) is 14.4 Å². The molecule has 7 nitrogen and oxygen atoms in total. The van der Waals surface area contributed by atoms with Gasteiger partial charge in [0.25, 0.3) is 11.8 Å². The Kier molecular flexibility index (Phi) is 6.82. The molecule has 0 spiro atoms. The highest BCUT2D eigenvalue weighted by molar-refractivity contribution is 5.97. The van der Waals surface area contributed by atoms with Crippen molar-refractivity contribution in [2.45, 2.75) is 51.5 Å². The predicted octanol–water partition coefficient (Wildman–Crippen LogP) is 1.64. The molecule has 7 heteroatoms. The van der Waals surface area contributed by atoms with Gasteiger partial charge in [-0.2, -0.15) is 0 Å². The van der Waals surface area contributed by atoms with Crippen molar-refractivity contribution in [2.75, 3.05) is 6.54 Å². The largest absolute Gasteiger partial charge is 0.354 e. The Morgan fingerprint density at radius 3 is 2.41 bits per heavy atom. The van der Waals surface area contributed by atoms with E-state index >= 15 is 0 Å². The molecule has 0 radical (unpaired) electrons. The summed E-state index contributed by atoms with van der Waals surface area (Å²) in [5.74, 6) is -0.982. The maximum absolute atomic E-state index is 12.6. The summed E-state index contributed by atoms with van der Waals surface area (Å²) < 4.78 is 5.17. The van der Waals surface area contributed by atoms with Gasteiger partial charge in [0, 0.05) is 13.1 Å². The number of amides is 3. The van der Waals surface area contributed by atoms with Crippen LogP contribution in [0.2, 0.25) is 0 Å². The SMILES string of the molecule is CCC[C@H](NC(=O)C1O[C@H]1C(=O)NCC)C(=O)NCc1ccc2ccccc2c1. The number of likely N-dealkylation sites (N-methyl/N-ethyl adjacent to an activating group) is 1. The summed E-state index contributed by atoms with van der Waals surface area (Å²) in [6, 6.07) is 13.4. The van der Waals surface area contributed by atoms with Crippen molar-refractivity contribution in [1.82, 2.24) is 16.0 Å². The lowest BCUT2D eigenvalue weighted by atomic mass is 10.1. The summed E-state index contributed by atoms with van der Waals surface area (Å²) in [5, 5.41) is 10.5. The van der Waals surface area contributed by atoms with E-state index < -0.39 is 24.2 Å². The molecular formula is C22H27N3O4. The van der Waals surface area contributed by atoms with Gasteiger partial charge in [0.05, 0.1) is 0 Å². The number of carbonyl (C=O) groups excluding carboxylic acids is 3. The Balaban J connectivity index is 1.54. The van der Waals surface area contributed by atoms with Crippen molar-refractivity contribution in [1.29, 1.82) is 0 Å². The van der Waals surface area contributed by atoms with Gasteiger partial charge in [-0.25, -0.2) is 0 Å². The van der Waals surface area contributed by atoms with E-state index in [1.54, 1.807) is 6.92 Å². The molecule has 1 heterocycles. The minimum absolute atomic E-state index is 0.247. The Morgan fingerprint density at radius 1 is 0.966 bits per heavy atom. The quantitative estimate of drug-likeness (QED) is 0.560. The maximum Gasteiger partial charge on any atom is 0.253 e. The van der Waals surface area contributed by atoms with Gasteiger partial charge in [-0.1, -0.05) is 49.7 Å². The number of ether oxygens (including phenoxy) is 1. The number of hydrogen-bond donors (Lipinski definition) is 3. The second kappa shape index (κ2) is 9.52. The average Bonchev–Trinajstić information content (AvgIpc) is 3.53. The van der Waals surface area contributed by atoms with Crippen molar-refractivity contribution in [3.8, 4) is 0 Å². The molecule has 3 atom stereocenters. The van der Waals surface area contributed by atoms with Gasteiger partial charge in [0.1, 0.15) is 6.04 Å². The highest BCUT2D eigenvalue weighted by Gasteiger charge is 2.50. The second-order valence-corrected chi connectivity index (χ2v) is 7.12. The summed E-state index contributed by atoms with van der Waals surface area (Å²) >= 11 is 0. The zero-order valence-corrected chi connectivity index (χ0v) is 16.7. The fourth-order valence-corrected chi connectivity index (χ4v) is 3.26. The van der Waals surface area contributed by atoms with Gasteiger partial charge in [-0.15, -0.1) is 0 Å². The topological polar surface area (TPSA) is 99.8 Å². The molecule has 1 unspecified atom stereocenters. The third kappa shape index (κ3) is 5.32. The van der Waals surface area contributed by atoms with E-state index in [1.807, 2.05) is 49.4 Å². The summed E-state index contributed by atoms with van der Waals surface area (Å²) in [6.07, 6.45) is -0.347. The summed E-state index contributed by atoms with van der Waals surface area (Å²) in [5.41, 5.74) is 0.987. The summed E-state index contributed by atoms with van der Waals surface area (Å²) in [7, 11) is 0. The molecule has 3 N–H and O–H groups in total. The molecule has 154 valence electrons. The molecule has 1 saturated heterocycles. The van der Waals surface area contributed by atoms with Crippen LogP contribution < -0.4 is 16.0 Å². The van der Waals surface area contributed by atoms with Gasteiger partial charge in [0.2, 0.25) is 5.91 Å². The van der Waals surface area contributed by atoms with Crippen LogP contribution in [0.3, 0.4) is 0 Å². The van der Waals surface area contributed by atoms with E-state index in [0.29, 0.717) is 19.5 Å². The number of carbonyl (C=O) groups is 3. The number of hydrogen-bond acceptors (Lipinski definition) is 4. The van der Waals surface area contributed by atoms with Crippen molar-refractivity contribution in [3.63, 3.8) is 0 Å². The molecule has 1 fully saturated rings. The van der Waals surface area contributed by atoms with Crippen LogP contribution in [0.5, 0.6) is 0 Å². The van der Waals surface area contributed by atoms with Crippen molar-refractivity contribution in [3.05, 3.63) is 48.0 Å². The zero-order chi connectivity index (χ0) is 20.8. The lowest BCUT2D eigenvalue weighted by molar-refractivity contribution is -0.129. The number of nitrogens with one attached hydrogen (secondary N) is 3.